The lowest BCUT2D eigenvalue weighted by Gasteiger charge is -2.43. The van der Waals surface area contributed by atoms with E-state index in [0.29, 0.717) is 12.2 Å². The van der Waals surface area contributed by atoms with Gasteiger partial charge in [0, 0.05) is 0 Å². The summed E-state index contributed by atoms with van der Waals surface area (Å²) in [7, 11) is 0. The van der Waals surface area contributed by atoms with Crippen LogP contribution in [0.2, 0.25) is 0 Å². The van der Waals surface area contributed by atoms with E-state index >= 15 is 0 Å². The standard InChI is InChI=1S/C12H8BrF5/c13-10(15)7-6-9(14)12(17,18)11(10,16)8-4-2-1-3-5-8/h1-7,9H. The van der Waals surface area contributed by atoms with Crippen LogP contribution in [0.1, 0.15) is 5.56 Å². The largest absolute Gasteiger partial charge is 0.324 e. The van der Waals surface area contributed by atoms with Gasteiger partial charge < -0.3 is 0 Å². The van der Waals surface area contributed by atoms with E-state index in [1.54, 1.807) is 0 Å². The Labute approximate surface area is 109 Å². The summed E-state index contributed by atoms with van der Waals surface area (Å²) in [5.41, 5.74) is -4.43. The smallest absolute Gasteiger partial charge is 0.236 e. The molecule has 0 aromatic heterocycles. The van der Waals surface area contributed by atoms with Crippen molar-refractivity contribution in [1.82, 2.24) is 0 Å². The average molecular weight is 327 g/mol. The maximum absolute atomic E-state index is 14.6. The molecule has 1 aromatic rings. The molecule has 0 spiro atoms. The van der Waals surface area contributed by atoms with Crippen LogP contribution in [0.25, 0.3) is 0 Å². The third-order valence-electron chi connectivity index (χ3n) is 2.91. The minimum atomic E-state index is -4.51. The van der Waals surface area contributed by atoms with Crippen LogP contribution in [0, 0.1) is 0 Å². The summed E-state index contributed by atoms with van der Waals surface area (Å²) in [6.45, 7) is 0. The van der Waals surface area contributed by atoms with Crippen molar-refractivity contribution in [2.45, 2.75) is 22.3 Å². The van der Waals surface area contributed by atoms with Gasteiger partial charge in [0.1, 0.15) is 0 Å². The Hall–Kier alpha value is -0.910. The van der Waals surface area contributed by atoms with Gasteiger partial charge in [-0.3, -0.25) is 0 Å². The van der Waals surface area contributed by atoms with Crippen molar-refractivity contribution in [3.63, 3.8) is 0 Å². The van der Waals surface area contributed by atoms with Crippen molar-refractivity contribution in [3.05, 3.63) is 48.0 Å². The Bertz CT molecular complexity index is 471. The van der Waals surface area contributed by atoms with Crippen molar-refractivity contribution >= 4 is 15.9 Å². The molecule has 3 atom stereocenters. The van der Waals surface area contributed by atoms with E-state index in [-0.39, 0.29) is 0 Å². The van der Waals surface area contributed by atoms with E-state index in [0.717, 1.165) is 12.1 Å². The fraction of sp³-hybridized carbons (Fsp3) is 0.333. The molecular formula is C12H8BrF5. The molecule has 0 bridgehead atoms. The van der Waals surface area contributed by atoms with E-state index in [2.05, 4.69) is 15.9 Å². The summed E-state index contributed by atoms with van der Waals surface area (Å²) in [5, 5.41) is 0. The second-order valence-electron chi connectivity index (χ2n) is 4.03. The predicted molar refractivity (Wildman–Crippen MR) is 61.0 cm³/mol. The van der Waals surface area contributed by atoms with Crippen molar-refractivity contribution in [2.75, 3.05) is 0 Å². The molecule has 0 fully saturated rings. The first kappa shape index (κ1) is 13.5. The highest BCUT2D eigenvalue weighted by Crippen LogP contribution is 2.58. The third kappa shape index (κ3) is 1.61. The number of halogens is 6. The van der Waals surface area contributed by atoms with Crippen molar-refractivity contribution < 1.29 is 22.0 Å². The second kappa shape index (κ2) is 4.05. The molecule has 0 saturated heterocycles. The van der Waals surface area contributed by atoms with Gasteiger partial charge in [0.25, 0.3) is 0 Å². The monoisotopic (exact) mass is 326 g/mol. The normalized spacial score (nSPS) is 38.7. The van der Waals surface area contributed by atoms with Gasteiger partial charge in [-0.1, -0.05) is 30.3 Å². The number of hydrogen-bond donors (Lipinski definition) is 0. The van der Waals surface area contributed by atoms with E-state index < -0.39 is 27.9 Å². The number of benzene rings is 1. The van der Waals surface area contributed by atoms with E-state index in [1.165, 1.54) is 18.2 Å². The van der Waals surface area contributed by atoms with Gasteiger partial charge in [-0.15, -0.1) is 0 Å². The Morgan fingerprint density at radius 2 is 1.56 bits per heavy atom. The molecule has 1 aliphatic rings. The van der Waals surface area contributed by atoms with Gasteiger partial charge in [0.15, 0.2) is 6.17 Å². The first-order valence-electron chi connectivity index (χ1n) is 5.07. The lowest BCUT2D eigenvalue weighted by molar-refractivity contribution is -0.205. The van der Waals surface area contributed by atoms with Crippen LogP contribution in [0.15, 0.2) is 42.5 Å². The van der Waals surface area contributed by atoms with Crippen LogP contribution < -0.4 is 0 Å². The second-order valence-corrected chi connectivity index (χ2v) is 5.19. The van der Waals surface area contributed by atoms with Crippen LogP contribution in [-0.2, 0) is 5.67 Å². The summed E-state index contributed by atoms with van der Waals surface area (Å²) in [5.74, 6) is -4.51. The molecule has 0 saturated carbocycles. The molecule has 1 aromatic carbocycles. The summed E-state index contributed by atoms with van der Waals surface area (Å²) in [6, 6.07) is 6.01. The molecule has 0 heterocycles. The molecule has 2 rings (SSSR count). The van der Waals surface area contributed by atoms with Gasteiger partial charge in [0.2, 0.25) is 10.2 Å². The Morgan fingerprint density at radius 3 is 2.11 bits per heavy atom. The van der Waals surface area contributed by atoms with Crippen LogP contribution in [0.4, 0.5) is 22.0 Å². The van der Waals surface area contributed by atoms with E-state index in [9.17, 15) is 22.0 Å². The molecule has 1 aliphatic carbocycles. The van der Waals surface area contributed by atoms with Crippen molar-refractivity contribution in [2.24, 2.45) is 0 Å². The summed E-state index contributed by atoms with van der Waals surface area (Å²) in [4.78, 5) is 0. The van der Waals surface area contributed by atoms with Crippen LogP contribution in [-0.4, -0.2) is 16.7 Å². The highest BCUT2D eigenvalue weighted by atomic mass is 79.9. The highest BCUT2D eigenvalue weighted by molar-refractivity contribution is 9.10. The molecule has 6 heteroatoms. The first-order valence-corrected chi connectivity index (χ1v) is 5.86. The SMILES string of the molecule is FC1C=CC(F)(Br)C(F)(c2ccccc2)C1(F)F. The van der Waals surface area contributed by atoms with Crippen LogP contribution in [0.3, 0.4) is 0 Å². The number of hydrogen-bond acceptors (Lipinski definition) is 0. The quantitative estimate of drug-likeness (QED) is 0.406. The summed E-state index contributed by atoms with van der Waals surface area (Å²) in [6.07, 6.45) is -2.14. The topological polar surface area (TPSA) is 0 Å². The molecule has 18 heavy (non-hydrogen) atoms. The highest BCUT2D eigenvalue weighted by Gasteiger charge is 2.72. The van der Waals surface area contributed by atoms with Crippen LogP contribution >= 0.6 is 15.9 Å². The van der Waals surface area contributed by atoms with E-state index in [4.69, 9.17) is 0 Å². The Morgan fingerprint density at radius 1 is 1.00 bits per heavy atom. The minimum absolute atomic E-state index is 0.315. The third-order valence-corrected chi connectivity index (χ3v) is 3.72. The first-order chi connectivity index (χ1) is 8.23. The Balaban J connectivity index is 2.68. The predicted octanol–water partition coefficient (Wildman–Crippen LogP) is 4.46. The van der Waals surface area contributed by atoms with Crippen molar-refractivity contribution in [1.29, 1.82) is 0 Å². The van der Waals surface area contributed by atoms with Gasteiger partial charge in [0.05, 0.1) is 0 Å². The van der Waals surface area contributed by atoms with Gasteiger partial charge in [-0.2, -0.15) is 8.78 Å². The number of allylic oxidation sites excluding steroid dienone is 2. The lowest BCUT2D eigenvalue weighted by Crippen LogP contribution is -2.59. The minimum Gasteiger partial charge on any atom is -0.236 e. The molecule has 0 nitrogen and oxygen atoms in total. The Kier molecular flexibility index (Phi) is 3.04. The molecule has 0 radical (unpaired) electrons. The zero-order valence-electron chi connectivity index (χ0n) is 8.89. The zero-order chi connectivity index (χ0) is 13.6. The van der Waals surface area contributed by atoms with Gasteiger partial charge in [-0.25, -0.2) is 13.2 Å². The molecule has 0 amide bonds. The molecule has 0 N–H and O–H groups in total. The van der Waals surface area contributed by atoms with Gasteiger partial charge in [-0.05, 0) is 33.6 Å². The maximum atomic E-state index is 14.6. The molecular weight excluding hydrogens is 319 g/mol. The number of rotatable bonds is 1. The number of alkyl halides is 6. The summed E-state index contributed by atoms with van der Waals surface area (Å²) >= 11 is 2.28. The fourth-order valence-electron chi connectivity index (χ4n) is 1.91. The maximum Gasteiger partial charge on any atom is 0.324 e. The van der Waals surface area contributed by atoms with E-state index in [1.807, 2.05) is 0 Å². The van der Waals surface area contributed by atoms with Crippen molar-refractivity contribution in [3.8, 4) is 0 Å². The van der Waals surface area contributed by atoms with Crippen LogP contribution in [0.5, 0.6) is 0 Å². The average Bonchev–Trinajstić information content (AvgIpc) is 2.34. The molecule has 98 valence electrons. The molecule has 3 unspecified atom stereocenters. The van der Waals surface area contributed by atoms with Gasteiger partial charge >= 0.3 is 5.92 Å². The fourth-order valence-corrected chi connectivity index (χ4v) is 2.55. The summed E-state index contributed by atoms with van der Waals surface area (Å²) < 4.78 is 66.3. The molecule has 0 aliphatic heterocycles. The lowest BCUT2D eigenvalue weighted by atomic mass is 9.79. The zero-order valence-corrected chi connectivity index (χ0v) is 10.5.